The van der Waals surface area contributed by atoms with Crippen LogP contribution in [-0.2, 0) is 15.1 Å². The SMILES string of the molecule is CCOC(=O)C(C)(C)n1ncc([N+](=O)[O-])c1C. The first-order chi connectivity index (χ1) is 7.82. The summed E-state index contributed by atoms with van der Waals surface area (Å²) in [6, 6.07) is 0. The summed E-state index contributed by atoms with van der Waals surface area (Å²) >= 11 is 0. The molecule has 0 aliphatic carbocycles. The van der Waals surface area contributed by atoms with Crippen LogP contribution >= 0.6 is 0 Å². The third-order valence-electron chi connectivity index (χ3n) is 2.49. The minimum atomic E-state index is -1.06. The summed E-state index contributed by atoms with van der Waals surface area (Å²) in [6.07, 6.45) is 1.14. The van der Waals surface area contributed by atoms with E-state index in [1.54, 1.807) is 27.7 Å². The van der Waals surface area contributed by atoms with Crippen LogP contribution in [0.15, 0.2) is 6.20 Å². The van der Waals surface area contributed by atoms with Crippen molar-refractivity contribution < 1.29 is 14.5 Å². The minimum absolute atomic E-state index is 0.109. The Bertz CT molecular complexity index is 450. The van der Waals surface area contributed by atoms with E-state index in [0.29, 0.717) is 5.69 Å². The lowest BCUT2D eigenvalue weighted by Gasteiger charge is -2.23. The highest BCUT2D eigenvalue weighted by molar-refractivity contribution is 5.78. The Hall–Kier alpha value is -1.92. The Morgan fingerprint density at radius 1 is 1.65 bits per heavy atom. The molecule has 0 unspecified atom stereocenters. The van der Waals surface area contributed by atoms with E-state index in [-0.39, 0.29) is 12.3 Å². The number of aromatic nitrogens is 2. The average Bonchev–Trinajstić information content (AvgIpc) is 2.60. The Labute approximate surface area is 98.5 Å². The van der Waals surface area contributed by atoms with Crippen molar-refractivity contribution in [1.82, 2.24) is 9.78 Å². The molecule has 0 fully saturated rings. The third-order valence-corrected chi connectivity index (χ3v) is 2.49. The van der Waals surface area contributed by atoms with E-state index in [4.69, 9.17) is 4.74 Å². The monoisotopic (exact) mass is 241 g/mol. The van der Waals surface area contributed by atoms with Crippen LogP contribution in [0.5, 0.6) is 0 Å². The van der Waals surface area contributed by atoms with Gasteiger partial charge in [-0.3, -0.25) is 10.1 Å². The van der Waals surface area contributed by atoms with Gasteiger partial charge in [0, 0.05) is 0 Å². The summed E-state index contributed by atoms with van der Waals surface area (Å²) in [7, 11) is 0. The Morgan fingerprint density at radius 2 is 2.24 bits per heavy atom. The number of hydrogen-bond donors (Lipinski definition) is 0. The summed E-state index contributed by atoms with van der Waals surface area (Å²) in [5.41, 5.74) is -0.843. The molecule has 0 N–H and O–H groups in total. The molecule has 17 heavy (non-hydrogen) atoms. The number of carbonyl (C=O) groups is 1. The maximum absolute atomic E-state index is 11.7. The molecular weight excluding hydrogens is 226 g/mol. The quantitative estimate of drug-likeness (QED) is 0.451. The second-order valence-corrected chi connectivity index (χ2v) is 4.06. The number of carbonyl (C=O) groups excluding carboxylic acids is 1. The normalized spacial score (nSPS) is 11.3. The zero-order valence-corrected chi connectivity index (χ0v) is 10.3. The van der Waals surface area contributed by atoms with Crippen molar-refractivity contribution in [3.8, 4) is 0 Å². The number of hydrogen-bond acceptors (Lipinski definition) is 5. The zero-order valence-electron chi connectivity index (χ0n) is 10.3. The molecule has 0 aromatic carbocycles. The highest BCUT2D eigenvalue weighted by atomic mass is 16.6. The zero-order chi connectivity index (χ0) is 13.2. The average molecular weight is 241 g/mol. The van der Waals surface area contributed by atoms with E-state index in [1.807, 2.05) is 0 Å². The van der Waals surface area contributed by atoms with Crippen LogP contribution in [-0.4, -0.2) is 27.3 Å². The topological polar surface area (TPSA) is 87.3 Å². The molecule has 0 aliphatic heterocycles. The van der Waals surface area contributed by atoms with E-state index in [1.165, 1.54) is 4.68 Å². The molecule has 1 aromatic heterocycles. The lowest BCUT2D eigenvalue weighted by Crippen LogP contribution is -2.39. The molecule has 0 bridgehead atoms. The van der Waals surface area contributed by atoms with Crippen LogP contribution in [0.2, 0.25) is 0 Å². The molecule has 7 nitrogen and oxygen atoms in total. The standard InChI is InChI=1S/C10H15N3O4/c1-5-17-9(14)10(3,4)12-7(2)8(6-11-12)13(15)16/h6H,5H2,1-4H3. The van der Waals surface area contributed by atoms with Gasteiger partial charge >= 0.3 is 11.7 Å². The fourth-order valence-electron chi connectivity index (χ4n) is 1.54. The molecule has 1 aromatic rings. The van der Waals surface area contributed by atoms with Crippen LogP contribution in [0.25, 0.3) is 0 Å². The molecule has 0 amide bonds. The molecule has 0 saturated carbocycles. The van der Waals surface area contributed by atoms with Gasteiger partial charge in [-0.05, 0) is 27.7 Å². The molecule has 0 aliphatic rings. The fraction of sp³-hybridized carbons (Fsp3) is 0.600. The summed E-state index contributed by atoms with van der Waals surface area (Å²) in [6.45, 7) is 6.71. The highest BCUT2D eigenvalue weighted by Crippen LogP contribution is 2.24. The molecule has 7 heteroatoms. The Balaban J connectivity index is 3.15. The van der Waals surface area contributed by atoms with Gasteiger partial charge in [0.05, 0.1) is 11.5 Å². The van der Waals surface area contributed by atoms with Gasteiger partial charge in [-0.1, -0.05) is 0 Å². The smallest absolute Gasteiger partial charge is 0.333 e. The second kappa shape index (κ2) is 4.52. The van der Waals surface area contributed by atoms with Gasteiger partial charge in [-0.2, -0.15) is 5.10 Å². The van der Waals surface area contributed by atoms with Gasteiger partial charge < -0.3 is 4.74 Å². The van der Waals surface area contributed by atoms with Crippen LogP contribution in [0.1, 0.15) is 26.5 Å². The fourth-order valence-corrected chi connectivity index (χ4v) is 1.54. The van der Waals surface area contributed by atoms with Gasteiger partial charge in [0.15, 0.2) is 5.54 Å². The highest BCUT2D eigenvalue weighted by Gasteiger charge is 2.35. The first-order valence-electron chi connectivity index (χ1n) is 5.19. The minimum Gasteiger partial charge on any atom is -0.464 e. The molecule has 0 saturated heterocycles. The molecule has 0 atom stereocenters. The third kappa shape index (κ3) is 2.27. The van der Waals surface area contributed by atoms with Crippen molar-refractivity contribution in [2.75, 3.05) is 6.61 Å². The van der Waals surface area contributed by atoms with Gasteiger partial charge in [0.2, 0.25) is 0 Å². The van der Waals surface area contributed by atoms with Crippen molar-refractivity contribution >= 4 is 11.7 Å². The first-order valence-corrected chi connectivity index (χ1v) is 5.19. The maximum atomic E-state index is 11.7. The molecule has 0 spiro atoms. The molecule has 0 radical (unpaired) electrons. The maximum Gasteiger partial charge on any atom is 0.333 e. The van der Waals surface area contributed by atoms with E-state index >= 15 is 0 Å². The van der Waals surface area contributed by atoms with Crippen molar-refractivity contribution in [1.29, 1.82) is 0 Å². The van der Waals surface area contributed by atoms with Gasteiger partial charge in [0.25, 0.3) is 0 Å². The number of ether oxygens (including phenoxy) is 1. The van der Waals surface area contributed by atoms with E-state index < -0.39 is 16.4 Å². The summed E-state index contributed by atoms with van der Waals surface area (Å²) < 4.78 is 6.22. The van der Waals surface area contributed by atoms with Gasteiger partial charge in [-0.15, -0.1) is 0 Å². The van der Waals surface area contributed by atoms with Crippen molar-refractivity contribution in [2.24, 2.45) is 0 Å². The number of rotatable bonds is 4. The molecule has 94 valence electrons. The lowest BCUT2D eigenvalue weighted by atomic mass is 10.1. The van der Waals surface area contributed by atoms with Crippen LogP contribution in [0.4, 0.5) is 5.69 Å². The van der Waals surface area contributed by atoms with Crippen molar-refractivity contribution in [2.45, 2.75) is 33.2 Å². The predicted octanol–water partition coefficient (Wildman–Crippen LogP) is 1.40. The number of esters is 1. The molecule has 1 rings (SSSR count). The van der Waals surface area contributed by atoms with Gasteiger partial charge in [0.1, 0.15) is 11.9 Å². The summed E-state index contributed by atoms with van der Waals surface area (Å²) in [5.74, 6) is -0.471. The summed E-state index contributed by atoms with van der Waals surface area (Å²) in [4.78, 5) is 21.9. The number of nitrogens with zero attached hydrogens (tertiary/aromatic N) is 3. The lowest BCUT2D eigenvalue weighted by molar-refractivity contribution is -0.385. The number of nitro groups is 1. The van der Waals surface area contributed by atoms with Crippen molar-refractivity contribution in [3.63, 3.8) is 0 Å². The van der Waals surface area contributed by atoms with Crippen LogP contribution in [0.3, 0.4) is 0 Å². The van der Waals surface area contributed by atoms with E-state index in [9.17, 15) is 14.9 Å². The van der Waals surface area contributed by atoms with Crippen LogP contribution < -0.4 is 0 Å². The van der Waals surface area contributed by atoms with Crippen molar-refractivity contribution in [3.05, 3.63) is 22.0 Å². The van der Waals surface area contributed by atoms with Gasteiger partial charge in [-0.25, -0.2) is 9.48 Å². The van der Waals surface area contributed by atoms with E-state index in [2.05, 4.69) is 5.10 Å². The molecular formula is C10H15N3O4. The van der Waals surface area contributed by atoms with Crippen LogP contribution in [0, 0.1) is 17.0 Å². The largest absolute Gasteiger partial charge is 0.464 e. The predicted molar refractivity (Wildman–Crippen MR) is 59.6 cm³/mol. The Morgan fingerprint density at radius 3 is 2.65 bits per heavy atom. The molecule has 1 heterocycles. The van der Waals surface area contributed by atoms with E-state index in [0.717, 1.165) is 6.20 Å². The first kappa shape index (κ1) is 13.1. The second-order valence-electron chi connectivity index (χ2n) is 4.06. The Kier molecular flexibility index (Phi) is 3.50. The summed E-state index contributed by atoms with van der Waals surface area (Å²) in [5, 5.41) is 14.6.